The highest BCUT2D eigenvalue weighted by atomic mass is 16.6. The molecule has 1 aromatic rings. The fraction of sp³-hybridized carbons (Fsp3) is 0.640. The largest absolute Gasteiger partial charge is 0.478 e. The Morgan fingerprint density at radius 1 is 0.839 bits per heavy atom. The third-order valence-electron chi connectivity index (χ3n) is 5.90. The number of esters is 1. The second-order valence-corrected chi connectivity index (χ2v) is 8.31. The fourth-order valence-corrected chi connectivity index (χ4v) is 4.50. The first-order valence-corrected chi connectivity index (χ1v) is 11.6. The zero-order chi connectivity index (χ0) is 23.4. The molecule has 0 aliphatic carbocycles. The minimum Gasteiger partial charge on any atom is -0.478 e. The maximum absolute atomic E-state index is 13.2. The summed E-state index contributed by atoms with van der Waals surface area (Å²) in [5.74, 6) is -3.07. The monoisotopic (exact) mass is 434 g/mol. The van der Waals surface area contributed by atoms with Crippen molar-refractivity contribution in [2.45, 2.75) is 97.5 Å². The van der Waals surface area contributed by atoms with Crippen LogP contribution in [0.25, 0.3) is 0 Å². The molecule has 1 atom stereocenters. The number of hydrogen-bond acceptors (Lipinski definition) is 4. The molecule has 0 amide bonds. The molecule has 0 aliphatic rings. The van der Waals surface area contributed by atoms with Crippen LogP contribution in [0.2, 0.25) is 0 Å². The van der Waals surface area contributed by atoms with E-state index in [1.165, 1.54) is 12.1 Å². The van der Waals surface area contributed by atoms with E-state index in [0.717, 1.165) is 70.3 Å². The second kappa shape index (κ2) is 13.1. The van der Waals surface area contributed by atoms with Crippen molar-refractivity contribution in [3.63, 3.8) is 0 Å². The molecule has 0 heterocycles. The van der Waals surface area contributed by atoms with Gasteiger partial charge in [-0.2, -0.15) is 0 Å². The number of aromatic carboxylic acids is 2. The summed E-state index contributed by atoms with van der Waals surface area (Å²) in [5, 5.41) is 18.7. The normalized spacial score (nSPS) is 12.4. The molecule has 1 rings (SSSR count). The molecular weight excluding hydrogens is 396 g/mol. The summed E-state index contributed by atoms with van der Waals surface area (Å²) in [6, 6.07) is 3.52. The van der Waals surface area contributed by atoms with Gasteiger partial charge < -0.3 is 14.9 Å². The number of carboxylic acids is 2. The van der Waals surface area contributed by atoms with Crippen LogP contribution in [0.15, 0.2) is 18.2 Å². The molecule has 1 aromatic carbocycles. The minimum atomic E-state index is -1.35. The van der Waals surface area contributed by atoms with Gasteiger partial charge in [-0.1, -0.05) is 66.2 Å². The van der Waals surface area contributed by atoms with Gasteiger partial charge in [-0.15, -0.1) is 0 Å². The van der Waals surface area contributed by atoms with Crippen LogP contribution in [0, 0.1) is 5.92 Å². The van der Waals surface area contributed by atoms with Gasteiger partial charge in [0.1, 0.15) is 5.60 Å². The third-order valence-corrected chi connectivity index (χ3v) is 5.90. The van der Waals surface area contributed by atoms with E-state index in [9.17, 15) is 24.6 Å². The highest BCUT2D eigenvalue weighted by Gasteiger charge is 2.41. The molecular formula is C25H38O6. The van der Waals surface area contributed by atoms with Gasteiger partial charge in [-0.05, 0) is 49.8 Å². The Bertz CT molecular complexity index is 734. The minimum absolute atomic E-state index is 0.0992. The Hall–Kier alpha value is -2.37. The van der Waals surface area contributed by atoms with Crippen LogP contribution in [0.4, 0.5) is 0 Å². The van der Waals surface area contributed by atoms with Gasteiger partial charge >= 0.3 is 17.9 Å². The maximum atomic E-state index is 13.2. The summed E-state index contributed by atoms with van der Waals surface area (Å²) in [5.41, 5.74) is -1.26. The zero-order valence-corrected chi connectivity index (χ0v) is 19.4. The molecule has 0 radical (unpaired) electrons. The fourth-order valence-electron chi connectivity index (χ4n) is 4.50. The highest BCUT2D eigenvalue weighted by Crippen LogP contribution is 2.39. The van der Waals surface area contributed by atoms with Gasteiger partial charge in [0.15, 0.2) is 0 Å². The molecule has 0 aromatic heterocycles. The number of hydrogen-bond donors (Lipinski definition) is 2. The van der Waals surface area contributed by atoms with Crippen molar-refractivity contribution in [3.8, 4) is 0 Å². The number of carboxylic acid groups (broad SMARTS) is 2. The smallest absolute Gasteiger partial charge is 0.339 e. The van der Waals surface area contributed by atoms with Crippen molar-refractivity contribution in [2.24, 2.45) is 5.92 Å². The summed E-state index contributed by atoms with van der Waals surface area (Å²) in [7, 11) is 0. The second-order valence-electron chi connectivity index (χ2n) is 8.31. The van der Waals surface area contributed by atoms with Gasteiger partial charge in [0.05, 0.1) is 16.7 Å². The Kier molecular flexibility index (Phi) is 11.3. The number of rotatable bonds is 15. The summed E-state index contributed by atoms with van der Waals surface area (Å²) < 4.78 is 6.19. The van der Waals surface area contributed by atoms with Crippen LogP contribution in [0.3, 0.4) is 0 Å². The first-order chi connectivity index (χ1) is 14.8. The Labute approximate surface area is 186 Å². The third kappa shape index (κ3) is 7.37. The van der Waals surface area contributed by atoms with Crippen molar-refractivity contribution in [2.75, 3.05) is 0 Å². The molecule has 174 valence electrons. The highest BCUT2D eigenvalue weighted by molar-refractivity contribution is 6.04. The summed E-state index contributed by atoms with van der Waals surface area (Å²) in [4.78, 5) is 36.2. The molecule has 0 fully saturated rings. The summed E-state index contributed by atoms with van der Waals surface area (Å²) >= 11 is 0. The molecule has 1 unspecified atom stereocenters. The van der Waals surface area contributed by atoms with E-state index in [1.54, 1.807) is 0 Å². The lowest BCUT2D eigenvalue weighted by molar-refractivity contribution is -0.0682. The van der Waals surface area contributed by atoms with E-state index in [2.05, 4.69) is 27.7 Å². The zero-order valence-electron chi connectivity index (χ0n) is 19.4. The predicted octanol–water partition coefficient (Wildman–Crippen LogP) is 6.58. The first kappa shape index (κ1) is 26.7. The van der Waals surface area contributed by atoms with Gasteiger partial charge in [-0.3, -0.25) is 0 Å². The molecule has 0 spiro atoms. The summed E-state index contributed by atoms with van der Waals surface area (Å²) in [6.45, 7) is 8.42. The molecule has 31 heavy (non-hydrogen) atoms. The van der Waals surface area contributed by atoms with Crippen LogP contribution in [0.5, 0.6) is 0 Å². The van der Waals surface area contributed by atoms with E-state index in [-0.39, 0.29) is 22.6 Å². The first-order valence-electron chi connectivity index (χ1n) is 11.6. The number of benzene rings is 1. The molecule has 2 N–H and O–H groups in total. The van der Waals surface area contributed by atoms with Crippen LogP contribution >= 0.6 is 0 Å². The van der Waals surface area contributed by atoms with Gasteiger partial charge in [-0.25, -0.2) is 14.4 Å². The van der Waals surface area contributed by atoms with E-state index in [4.69, 9.17) is 4.74 Å². The summed E-state index contributed by atoms with van der Waals surface area (Å²) in [6.07, 6.45) is 9.36. The Balaban J connectivity index is 3.36. The Morgan fingerprint density at radius 3 is 1.97 bits per heavy atom. The standard InChI is InChI=1S/C25H38O6/c1-5-9-10-12-19(11-6-2)25(15-7-3,16-8-4)31-24(30)20-14-13-18(22(26)27)17-21(20)23(28)29/h13-14,17,19H,5-12,15-16H2,1-4H3,(H,26,27)(H,28,29). The molecule has 0 saturated heterocycles. The lowest BCUT2D eigenvalue weighted by Gasteiger charge is -2.41. The van der Waals surface area contributed by atoms with Crippen molar-refractivity contribution in [1.29, 1.82) is 0 Å². The van der Waals surface area contributed by atoms with E-state index < -0.39 is 23.5 Å². The molecule has 0 saturated carbocycles. The number of unbranched alkanes of at least 4 members (excludes halogenated alkanes) is 2. The van der Waals surface area contributed by atoms with Crippen LogP contribution in [0.1, 0.15) is 123 Å². The van der Waals surface area contributed by atoms with Crippen molar-refractivity contribution in [3.05, 3.63) is 34.9 Å². The average Bonchev–Trinajstić information content (AvgIpc) is 2.72. The number of carbonyl (C=O) groups excluding carboxylic acids is 1. The lowest BCUT2D eigenvalue weighted by Crippen LogP contribution is -2.43. The maximum Gasteiger partial charge on any atom is 0.339 e. The van der Waals surface area contributed by atoms with Crippen LogP contribution in [-0.2, 0) is 4.74 Å². The van der Waals surface area contributed by atoms with Gasteiger partial charge in [0, 0.05) is 0 Å². The van der Waals surface area contributed by atoms with E-state index in [1.807, 2.05) is 0 Å². The topological polar surface area (TPSA) is 101 Å². The predicted molar refractivity (Wildman–Crippen MR) is 121 cm³/mol. The van der Waals surface area contributed by atoms with Crippen LogP contribution in [-0.4, -0.2) is 33.7 Å². The SMILES string of the molecule is CCCCCC(CCC)C(CCC)(CCC)OC(=O)c1ccc(C(=O)O)cc1C(=O)O. The average molecular weight is 435 g/mol. The number of ether oxygens (including phenoxy) is 1. The molecule has 6 nitrogen and oxygen atoms in total. The van der Waals surface area contributed by atoms with Crippen LogP contribution < -0.4 is 0 Å². The Morgan fingerprint density at radius 2 is 1.48 bits per heavy atom. The number of carbonyl (C=O) groups is 3. The lowest BCUT2D eigenvalue weighted by atomic mass is 9.75. The molecule has 0 bridgehead atoms. The van der Waals surface area contributed by atoms with Gasteiger partial charge in [0.25, 0.3) is 0 Å². The quantitative estimate of drug-likeness (QED) is 0.239. The van der Waals surface area contributed by atoms with Crippen molar-refractivity contribution < 1.29 is 29.3 Å². The molecule has 0 aliphatic heterocycles. The van der Waals surface area contributed by atoms with E-state index >= 15 is 0 Å². The van der Waals surface area contributed by atoms with Gasteiger partial charge in [0.2, 0.25) is 0 Å². The van der Waals surface area contributed by atoms with Crippen molar-refractivity contribution in [1.82, 2.24) is 0 Å². The van der Waals surface area contributed by atoms with E-state index in [0.29, 0.717) is 0 Å². The van der Waals surface area contributed by atoms with Crippen molar-refractivity contribution >= 4 is 17.9 Å². The molecule has 6 heteroatoms.